The predicted octanol–water partition coefficient (Wildman–Crippen LogP) is 5.28. The van der Waals surface area contributed by atoms with Crippen LogP contribution in [0.1, 0.15) is 35.7 Å². The molecule has 5 heteroatoms. The van der Waals surface area contributed by atoms with Crippen LogP contribution in [0, 0.1) is 11.7 Å². The molecule has 0 radical (unpaired) electrons. The summed E-state index contributed by atoms with van der Waals surface area (Å²) < 4.78 is 19.1. The zero-order valence-electron chi connectivity index (χ0n) is 16.2. The number of rotatable bonds is 9. The van der Waals surface area contributed by atoms with Gasteiger partial charge in [0.05, 0.1) is 18.1 Å². The Hall–Kier alpha value is -3.21. The lowest BCUT2D eigenvalue weighted by Crippen LogP contribution is -2.13. The summed E-state index contributed by atoms with van der Waals surface area (Å²) in [7, 11) is 0. The number of hydrogen-bond acceptors (Lipinski definition) is 3. The molecule has 4 nitrogen and oxygen atoms in total. The first-order valence-corrected chi connectivity index (χ1v) is 9.60. The molecule has 3 rings (SSSR count). The van der Waals surface area contributed by atoms with Crippen LogP contribution in [-0.4, -0.2) is 23.5 Å². The topological polar surface area (TPSA) is 63.6 Å². The molecule has 150 valence electrons. The van der Waals surface area contributed by atoms with E-state index in [0.29, 0.717) is 24.3 Å². The van der Waals surface area contributed by atoms with Crippen LogP contribution in [0.4, 0.5) is 4.39 Å². The summed E-state index contributed by atoms with van der Waals surface area (Å²) >= 11 is 0. The van der Waals surface area contributed by atoms with Gasteiger partial charge in [-0.25, -0.2) is 4.39 Å². The van der Waals surface area contributed by atoms with Gasteiger partial charge in [-0.1, -0.05) is 49.4 Å². The summed E-state index contributed by atoms with van der Waals surface area (Å²) in [5.74, 6) is -1.40. The van der Waals surface area contributed by atoms with Crippen molar-refractivity contribution in [2.45, 2.75) is 26.2 Å². The molecule has 29 heavy (non-hydrogen) atoms. The third-order valence-corrected chi connectivity index (χ3v) is 4.96. The summed E-state index contributed by atoms with van der Waals surface area (Å²) in [5, 5.41) is 10.8. The highest BCUT2D eigenvalue weighted by molar-refractivity contribution is 6.05. The average Bonchev–Trinajstić information content (AvgIpc) is 2.73. The molecule has 3 aromatic rings. The van der Waals surface area contributed by atoms with E-state index in [-0.39, 0.29) is 24.4 Å². The molecule has 0 aliphatic carbocycles. The third kappa shape index (κ3) is 5.19. The van der Waals surface area contributed by atoms with Crippen LogP contribution >= 0.6 is 0 Å². The largest absolute Gasteiger partial charge is 0.492 e. The Kier molecular flexibility index (Phi) is 6.60. The van der Waals surface area contributed by atoms with Gasteiger partial charge in [-0.15, -0.1) is 0 Å². The van der Waals surface area contributed by atoms with Gasteiger partial charge in [0.1, 0.15) is 11.6 Å². The van der Waals surface area contributed by atoms with Crippen molar-refractivity contribution in [2.75, 3.05) is 6.61 Å². The normalized spacial score (nSPS) is 11.9. The smallest absolute Gasteiger partial charge is 0.306 e. The van der Waals surface area contributed by atoms with E-state index in [4.69, 9.17) is 9.84 Å². The average molecular weight is 394 g/mol. The first kappa shape index (κ1) is 20.5. The Morgan fingerprint density at radius 3 is 2.48 bits per heavy atom. The minimum atomic E-state index is -0.910. The van der Waals surface area contributed by atoms with Crippen LogP contribution in [0.2, 0.25) is 0 Å². The Labute approximate surface area is 168 Å². The van der Waals surface area contributed by atoms with Crippen molar-refractivity contribution in [1.82, 2.24) is 0 Å². The molecule has 3 aromatic carbocycles. The minimum absolute atomic E-state index is 0.138. The second kappa shape index (κ2) is 9.32. The number of ether oxygens (including phenoxy) is 1. The number of carbonyl (C=O) groups is 2. The van der Waals surface area contributed by atoms with E-state index in [2.05, 4.69) is 0 Å². The van der Waals surface area contributed by atoms with Crippen molar-refractivity contribution >= 4 is 22.5 Å². The lowest BCUT2D eigenvalue weighted by atomic mass is 9.97. The zero-order chi connectivity index (χ0) is 20.8. The second-order valence-corrected chi connectivity index (χ2v) is 7.09. The van der Waals surface area contributed by atoms with Crippen molar-refractivity contribution < 1.29 is 23.8 Å². The summed E-state index contributed by atoms with van der Waals surface area (Å²) in [6.07, 6.45) is 0.989. The lowest BCUT2D eigenvalue weighted by Gasteiger charge is -2.15. The SMILES string of the molecule is C[C@@H](CCC(=O)c1ccc2ccccc2c1OCCc1ccc(F)cc1)C(=O)O. The molecule has 0 saturated heterocycles. The van der Waals surface area contributed by atoms with E-state index < -0.39 is 11.9 Å². The molecular weight excluding hydrogens is 371 g/mol. The molecule has 0 bridgehead atoms. The van der Waals surface area contributed by atoms with Gasteiger partial charge in [-0.3, -0.25) is 9.59 Å². The highest BCUT2D eigenvalue weighted by atomic mass is 19.1. The standard InChI is InChI=1S/C24H23FO4/c1-16(24(27)28)6-13-22(26)21-12-9-18-4-2-3-5-20(18)23(21)29-15-14-17-7-10-19(25)11-8-17/h2-5,7-12,16H,6,13-15H2,1H3,(H,27,28)/t16-/m0/s1. The van der Waals surface area contributed by atoms with E-state index in [1.807, 2.05) is 30.3 Å². The van der Waals surface area contributed by atoms with Gasteiger partial charge in [-0.2, -0.15) is 0 Å². The number of Topliss-reactive ketones (excluding diaryl/α,β-unsaturated/α-hetero) is 1. The third-order valence-electron chi connectivity index (χ3n) is 4.96. The Balaban J connectivity index is 1.80. The molecule has 0 aromatic heterocycles. The van der Waals surface area contributed by atoms with Crippen LogP contribution in [0.25, 0.3) is 10.8 Å². The van der Waals surface area contributed by atoms with Crippen molar-refractivity contribution in [1.29, 1.82) is 0 Å². The Morgan fingerprint density at radius 1 is 1.03 bits per heavy atom. The van der Waals surface area contributed by atoms with Gasteiger partial charge >= 0.3 is 5.97 Å². The number of halogens is 1. The van der Waals surface area contributed by atoms with E-state index in [1.54, 1.807) is 25.1 Å². The second-order valence-electron chi connectivity index (χ2n) is 7.09. The fraction of sp³-hybridized carbons (Fsp3) is 0.250. The quantitative estimate of drug-likeness (QED) is 0.501. The molecule has 0 aliphatic heterocycles. The summed E-state index contributed by atoms with van der Waals surface area (Å²) in [6.45, 7) is 1.93. The molecular formula is C24H23FO4. The van der Waals surface area contributed by atoms with Crippen LogP contribution < -0.4 is 4.74 Å². The zero-order valence-corrected chi connectivity index (χ0v) is 16.2. The number of carboxylic acid groups (broad SMARTS) is 1. The number of fused-ring (bicyclic) bond motifs is 1. The van der Waals surface area contributed by atoms with Crippen molar-refractivity contribution in [3.63, 3.8) is 0 Å². The first-order valence-electron chi connectivity index (χ1n) is 9.60. The lowest BCUT2D eigenvalue weighted by molar-refractivity contribution is -0.141. The number of hydrogen-bond donors (Lipinski definition) is 1. The van der Waals surface area contributed by atoms with E-state index >= 15 is 0 Å². The molecule has 1 atom stereocenters. The van der Waals surface area contributed by atoms with Gasteiger partial charge in [0, 0.05) is 18.2 Å². The minimum Gasteiger partial charge on any atom is -0.492 e. The number of carboxylic acids is 1. The highest BCUT2D eigenvalue weighted by Gasteiger charge is 2.19. The van der Waals surface area contributed by atoms with Crippen LogP contribution in [0.3, 0.4) is 0 Å². The maximum atomic E-state index is 13.1. The van der Waals surface area contributed by atoms with Crippen LogP contribution in [0.15, 0.2) is 60.7 Å². The van der Waals surface area contributed by atoms with E-state index in [1.165, 1.54) is 12.1 Å². The molecule has 0 fully saturated rings. The monoisotopic (exact) mass is 394 g/mol. The van der Waals surface area contributed by atoms with E-state index in [9.17, 15) is 14.0 Å². The van der Waals surface area contributed by atoms with Gasteiger partial charge in [0.15, 0.2) is 5.78 Å². The van der Waals surface area contributed by atoms with Crippen molar-refractivity contribution in [2.24, 2.45) is 5.92 Å². The maximum Gasteiger partial charge on any atom is 0.306 e. The molecule has 0 aliphatic rings. The maximum absolute atomic E-state index is 13.1. The number of aliphatic carboxylic acids is 1. The summed E-state index contributed by atoms with van der Waals surface area (Å²) in [5.41, 5.74) is 1.40. The fourth-order valence-electron chi connectivity index (χ4n) is 3.15. The summed E-state index contributed by atoms with van der Waals surface area (Å²) in [6, 6.07) is 17.5. The molecule has 1 N–H and O–H groups in total. The Morgan fingerprint density at radius 2 is 1.76 bits per heavy atom. The van der Waals surface area contributed by atoms with Crippen molar-refractivity contribution in [3.05, 3.63) is 77.6 Å². The number of benzene rings is 3. The summed E-state index contributed by atoms with van der Waals surface area (Å²) in [4.78, 5) is 23.8. The highest BCUT2D eigenvalue weighted by Crippen LogP contribution is 2.31. The fourth-order valence-corrected chi connectivity index (χ4v) is 3.15. The van der Waals surface area contributed by atoms with Gasteiger partial charge < -0.3 is 9.84 Å². The molecule has 0 amide bonds. The Bertz CT molecular complexity index is 1010. The molecule has 0 spiro atoms. The van der Waals surface area contributed by atoms with Crippen LogP contribution in [0.5, 0.6) is 5.75 Å². The number of carbonyl (C=O) groups excluding carboxylic acids is 1. The van der Waals surface area contributed by atoms with E-state index in [0.717, 1.165) is 16.3 Å². The predicted molar refractivity (Wildman–Crippen MR) is 110 cm³/mol. The molecule has 0 saturated carbocycles. The molecule has 0 unspecified atom stereocenters. The van der Waals surface area contributed by atoms with Crippen molar-refractivity contribution in [3.8, 4) is 5.75 Å². The van der Waals surface area contributed by atoms with Gasteiger partial charge in [0.25, 0.3) is 0 Å². The van der Waals surface area contributed by atoms with Crippen LogP contribution in [-0.2, 0) is 11.2 Å². The first-order chi connectivity index (χ1) is 14.0. The van der Waals surface area contributed by atoms with Gasteiger partial charge in [-0.05, 0) is 35.6 Å². The van der Waals surface area contributed by atoms with Gasteiger partial charge in [0.2, 0.25) is 0 Å². The number of ketones is 1. The molecule has 0 heterocycles.